The zero-order chi connectivity index (χ0) is 15.8. The lowest BCUT2D eigenvalue weighted by Crippen LogP contribution is -2.56. The van der Waals surface area contributed by atoms with Gasteiger partial charge in [0.15, 0.2) is 0 Å². The maximum atomic E-state index is 11.2. The second-order valence-corrected chi connectivity index (χ2v) is 6.66. The van der Waals surface area contributed by atoms with Crippen molar-refractivity contribution in [1.82, 2.24) is 0 Å². The third-order valence-corrected chi connectivity index (χ3v) is 5.21. The van der Waals surface area contributed by atoms with Gasteiger partial charge in [-0.05, 0) is 37.2 Å². The van der Waals surface area contributed by atoms with Crippen molar-refractivity contribution in [1.29, 1.82) is 0 Å². The highest BCUT2D eigenvalue weighted by Gasteiger charge is 2.52. The third-order valence-electron chi connectivity index (χ3n) is 5.21. The van der Waals surface area contributed by atoms with Crippen molar-refractivity contribution in [2.24, 2.45) is 23.7 Å². The van der Waals surface area contributed by atoms with Crippen LogP contribution in [0.2, 0.25) is 0 Å². The second kappa shape index (κ2) is 5.91. The summed E-state index contributed by atoms with van der Waals surface area (Å²) in [5.41, 5.74) is -0.0862. The normalized spacial score (nSPS) is 40.7. The fourth-order valence-electron chi connectivity index (χ4n) is 3.81. The van der Waals surface area contributed by atoms with Crippen LogP contribution < -0.4 is 0 Å². The van der Waals surface area contributed by atoms with Crippen molar-refractivity contribution in [3.63, 3.8) is 0 Å². The molecule has 1 fully saturated rings. The molecular formula is C17H25O4. The highest BCUT2D eigenvalue weighted by Crippen LogP contribution is 2.50. The summed E-state index contributed by atoms with van der Waals surface area (Å²) in [7, 11) is 0. The Morgan fingerprint density at radius 1 is 1.52 bits per heavy atom. The van der Waals surface area contributed by atoms with E-state index in [2.05, 4.69) is 0 Å². The summed E-state index contributed by atoms with van der Waals surface area (Å²) in [4.78, 5) is 22.4. The standard InChI is InChI=1S/C17H25O4/c1-10-7-15-14(11(2)9-18)6-5-12(3)17(15,20)8-16(10)21-13(4)19/h7-9,11-12,14-16,20H,5-6H2,1-4H3/t11?,12-,14+,15-,16-,17-/m1/s1. The molecule has 6 atom stereocenters. The Morgan fingerprint density at radius 3 is 2.76 bits per heavy atom. The van der Waals surface area contributed by atoms with Gasteiger partial charge in [0.2, 0.25) is 0 Å². The number of fused-ring (bicyclic) bond motifs is 1. The van der Waals surface area contributed by atoms with Gasteiger partial charge in [-0.2, -0.15) is 0 Å². The number of aldehydes is 1. The van der Waals surface area contributed by atoms with E-state index in [1.165, 1.54) is 6.92 Å². The van der Waals surface area contributed by atoms with Gasteiger partial charge >= 0.3 is 5.97 Å². The number of carbonyl (C=O) groups excluding carboxylic acids is 2. The minimum atomic E-state index is -1.01. The Labute approximate surface area is 126 Å². The molecule has 2 aliphatic carbocycles. The molecule has 2 rings (SSSR count). The summed E-state index contributed by atoms with van der Waals surface area (Å²) in [6, 6.07) is 0. The number of aliphatic hydroxyl groups is 1. The van der Waals surface area contributed by atoms with Crippen LogP contribution >= 0.6 is 0 Å². The summed E-state index contributed by atoms with van der Waals surface area (Å²) in [5, 5.41) is 11.2. The second-order valence-electron chi connectivity index (χ2n) is 6.66. The predicted octanol–water partition coefficient (Wildman–Crippen LogP) is 2.31. The van der Waals surface area contributed by atoms with Crippen molar-refractivity contribution in [2.75, 3.05) is 0 Å². The Balaban J connectivity index is 2.35. The lowest BCUT2D eigenvalue weighted by molar-refractivity contribution is -0.148. The molecule has 1 radical (unpaired) electrons. The van der Waals surface area contributed by atoms with Crippen molar-refractivity contribution < 1.29 is 19.4 Å². The van der Waals surface area contributed by atoms with Crippen molar-refractivity contribution >= 4 is 12.3 Å². The summed E-state index contributed by atoms with van der Waals surface area (Å²) in [6.07, 6.45) is 6.08. The van der Waals surface area contributed by atoms with Gasteiger partial charge < -0.3 is 14.6 Å². The van der Waals surface area contributed by atoms with E-state index in [9.17, 15) is 14.7 Å². The Hall–Kier alpha value is -1.16. The van der Waals surface area contributed by atoms with Crippen LogP contribution in [0.15, 0.2) is 11.6 Å². The van der Waals surface area contributed by atoms with E-state index in [1.54, 1.807) is 6.42 Å². The third kappa shape index (κ3) is 2.91. The van der Waals surface area contributed by atoms with Gasteiger partial charge in [-0.25, -0.2) is 0 Å². The molecule has 21 heavy (non-hydrogen) atoms. The van der Waals surface area contributed by atoms with Gasteiger partial charge in [0.05, 0.1) is 5.60 Å². The minimum Gasteiger partial charge on any atom is -0.458 e. The first-order chi connectivity index (χ1) is 9.79. The van der Waals surface area contributed by atoms with Gasteiger partial charge in [-0.1, -0.05) is 19.9 Å². The molecule has 4 nitrogen and oxygen atoms in total. The lowest BCUT2D eigenvalue weighted by Gasteiger charge is -2.52. The van der Waals surface area contributed by atoms with Gasteiger partial charge in [0.25, 0.3) is 0 Å². The van der Waals surface area contributed by atoms with Crippen LogP contribution in [0.1, 0.15) is 40.5 Å². The number of hydrogen-bond acceptors (Lipinski definition) is 4. The summed E-state index contributed by atoms with van der Waals surface area (Å²) in [5.74, 6) is -0.314. The van der Waals surface area contributed by atoms with E-state index in [0.29, 0.717) is 0 Å². The first-order valence-corrected chi connectivity index (χ1v) is 7.68. The first-order valence-electron chi connectivity index (χ1n) is 7.68. The maximum absolute atomic E-state index is 11.2. The van der Waals surface area contributed by atoms with Gasteiger partial charge in [-0.15, -0.1) is 0 Å². The molecule has 0 spiro atoms. The molecule has 0 aromatic rings. The Kier molecular flexibility index (Phi) is 4.57. The van der Waals surface area contributed by atoms with Crippen LogP contribution in [0.3, 0.4) is 0 Å². The van der Waals surface area contributed by atoms with Crippen LogP contribution in [0.25, 0.3) is 0 Å². The highest BCUT2D eigenvalue weighted by molar-refractivity contribution is 5.66. The molecule has 0 heterocycles. The van der Waals surface area contributed by atoms with Crippen LogP contribution in [-0.4, -0.2) is 29.1 Å². The maximum Gasteiger partial charge on any atom is 0.303 e. The van der Waals surface area contributed by atoms with E-state index < -0.39 is 11.7 Å². The molecule has 0 saturated heterocycles. The van der Waals surface area contributed by atoms with E-state index in [1.807, 2.05) is 26.8 Å². The van der Waals surface area contributed by atoms with Gasteiger partial charge in [0.1, 0.15) is 12.4 Å². The average Bonchev–Trinajstić information content (AvgIpc) is 2.41. The van der Waals surface area contributed by atoms with Crippen LogP contribution in [0.5, 0.6) is 0 Å². The summed E-state index contributed by atoms with van der Waals surface area (Å²) >= 11 is 0. The molecule has 0 aliphatic heterocycles. The molecule has 0 aromatic carbocycles. The summed E-state index contributed by atoms with van der Waals surface area (Å²) < 4.78 is 5.30. The molecule has 1 saturated carbocycles. The highest BCUT2D eigenvalue weighted by atomic mass is 16.5. The lowest BCUT2D eigenvalue weighted by atomic mass is 9.57. The Bertz CT molecular complexity index is 456. The van der Waals surface area contributed by atoms with Crippen LogP contribution in [0, 0.1) is 30.1 Å². The van der Waals surface area contributed by atoms with E-state index in [4.69, 9.17) is 4.74 Å². The van der Waals surface area contributed by atoms with Gasteiger partial charge in [-0.3, -0.25) is 4.79 Å². The topological polar surface area (TPSA) is 63.6 Å². The molecule has 0 aromatic heterocycles. The zero-order valence-electron chi connectivity index (χ0n) is 13.2. The molecule has 1 unspecified atom stereocenters. The van der Waals surface area contributed by atoms with E-state index >= 15 is 0 Å². The monoisotopic (exact) mass is 293 g/mol. The number of esters is 1. The van der Waals surface area contributed by atoms with Crippen molar-refractivity contribution in [3.05, 3.63) is 18.1 Å². The van der Waals surface area contributed by atoms with Crippen LogP contribution in [-0.2, 0) is 14.3 Å². The number of rotatable bonds is 3. The molecule has 117 valence electrons. The molecule has 0 amide bonds. The van der Waals surface area contributed by atoms with Crippen molar-refractivity contribution in [2.45, 2.75) is 52.2 Å². The van der Waals surface area contributed by atoms with Crippen LogP contribution in [0.4, 0.5) is 0 Å². The van der Waals surface area contributed by atoms with Crippen molar-refractivity contribution in [3.8, 4) is 0 Å². The molecule has 1 N–H and O–H groups in total. The van der Waals surface area contributed by atoms with E-state index in [0.717, 1.165) is 24.7 Å². The number of hydrogen-bond donors (Lipinski definition) is 1. The van der Waals surface area contributed by atoms with Gasteiger partial charge in [0, 0.05) is 25.2 Å². The SMILES string of the molecule is CC(=O)O[C@@H]1[CH][C@@]2(O)[C@H](C)CC[C@@H](C(C)C=O)[C@H]2C=C1C. The fourth-order valence-corrected chi connectivity index (χ4v) is 3.81. The predicted molar refractivity (Wildman–Crippen MR) is 79.2 cm³/mol. The van der Waals surface area contributed by atoms with E-state index in [-0.39, 0.29) is 29.6 Å². The number of carbonyl (C=O) groups is 2. The molecule has 2 aliphatic rings. The zero-order valence-corrected chi connectivity index (χ0v) is 13.2. The smallest absolute Gasteiger partial charge is 0.303 e. The quantitative estimate of drug-likeness (QED) is 0.493. The summed E-state index contributed by atoms with van der Waals surface area (Å²) in [6.45, 7) is 7.21. The fraction of sp³-hybridized carbons (Fsp3) is 0.706. The molecular weight excluding hydrogens is 268 g/mol. The minimum absolute atomic E-state index is 0.0833. The Morgan fingerprint density at radius 2 is 2.19 bits per heavy atom. The number of ether oxygens (including phenoxy) is 1. The molecule has 0 bridgehead atoms. The molecule has 4 heteroatoms. The average molecular weight is 293 g/mol. The largest absolute Gasteiger partial charge is 0.458 e. The first kappa shape index (κ1) is 16.2.